The number of carboxylic acids is 1. The third-order valence-corrected chi connectivity index (χ3v) is 2.11. The summed E-state index contributed by atoms with van der Waals surface area (Å²) in [5, 5.41) is 17.2. The molecule has 82 valence electrons. The monoisotopic (exact) mass is 231 g/mol. The molecule has 1 atom stereocenters. The topological polar surface area (TPSA) is 95.1 Å². The van der Waals surface area contributed by atoms with Crippen molar-refractivity contribution in [3.63, 3.8) is 0 Å². The van der Waals surface area contributed by atoms with Gasteiger partial charge in [-0.3, -0.25) is 9.89 Å². The highest BCUT2D eigenvalue weighted by Gasteiger charge is 2.21. The zero-order chi connectivity index (χ0) is 11.4. The number of nitrogens with zero attached hydrogens (tertiary/aromatic N) is 1. The van der Waals surface area contributed by atoms with Crippen LogP contribution in [0.15, 0.2) is 6.20 Å². The van der Waals surface area contributed by atoms with Gasteiger partial charge in [0, 0.05) is 6.20 Å². The molecule has 0 saturated carbocycles. The predicted molar refractivity (Wildman–Crippen MR) is 52.8 cm³/mol. The average molecular weight is 232 g/mol. The molecule has 0 aliphatic rings. The number of amides is 1. The number of aromatic amines is 1. The lowest BCUT2D eigenvalue weighted by molar-refractivity contribution is -0.139. The first-order valence-corrected chi connectivity index (χ1v) is 4.67. The van der Waals surface area contributed by atoms with E-state index in [2.05, 4.69) is 15.5 Å². The minimum atomic E-state index is -1.09. The van der Waals surface area contributed by atoms with Crippen molar-refractivity contribution >= 4 is 23.5 Å². The second-order valence-corrected chi connectivity index (χ2v) is 3.26. The quantitative estimate of drug-likeness (QED) is 0.709. The molecule has 0 aliphatic carbocycles. The number of rotatable bonds is 4. The normalized spacial score (nSPS) is 12.1. The molecule has 0 spiro atoms. The lowest BCUT2D eigenvalue weighted by Gasteiger charge is -2.10. The van der Waals surface area contributed by atoms with E-state index in [0.717, 1.165) is 0 Å². The summed E-state index contributed by atoms with van der Waals surface area (Å²) in [5.41, 5.74) is -0.00336. The molecule has 0 aromatic carbocycles. The van der Waals surface area contributed by atoms with Crippen LogP contribution in [0.3, 0.4) is 0 Å². The maximum Gasteiger partial charge on any atom is 0.326 e. The van der Waals surface area contributed by atoms with Crippen molar-refractivity contribution in [1.82, 2.24) is 15.5 Å². The molecular weight excluding hydrogens is 222 g/mol. The molecule has 1 heterocycles. The standard InChI is InChI=1S/C8H10ClN3O3/c1-2-5(8(14)15)11-7(13)6-4(9)3-10-12-6/h3,5H,2H2,1H3,(H,10,12)(H,11,13)(H,14,15). The average Bonchev–Trinajstić information content (AvgIpc) is 2.60. The summed E-state index contributed by atoms with van der Waals surface area (Å²) in [6, 6.07) is -0.926. The van der Waals surface area contributed by atoms with E-state index in [1.165, 1.54) is 6.20 Å². The van der Waals surface area contributed by atoms with Crippen LogP contribution in [0.4, 0.5) is 0 Å². The number of H-pyrrole nitrogens is 1. The molecule has 0 fully saturated rings. The number of carbonyl (C=O) groups excluding carboxylic acids is 1. The van der Waals surface area contributed by atoms with Crippen molar-refractivity contribution < 1.29 is 14.7 Å². The van der Waals surface area contributed by atoms with E-state index >= 15 is 0 Å². The van der Waals surface area contributed by atoms with Gasteiger partial charge in [-0.15, -0.1) is 0 Å². The Bertz CT molecular complexity index is 377. The van der Waals surface area contributed by atoms with Gasteiger partial charge in [-0.05, 0) is 6.42 Å². The third-order valence-electron chi connectivity index (χ3n) is 1.82. The lowest BCUT2D eigenvalue weighted by atomic mass is 10.2. The zero-order valence-corrected chi connectivity index (χ0v) is 8.71. The molecule has 15 heavy (non-hydrogen) atoms. The third kappa shape index (κ3) is 2.69. The Morgan fingerprint density at radius 2 is 2.40 bits per heavy atom. The van der Waals surface area contributed by atoms with Crippen molar-refractivity contribution in [2.75, 3.05) is 0 Å². The number of carboxylic acid groups (broad SMARTS) is 1. The van der Waals surface area contributed by atoms with Crippen LogP contribution in [0, 0.1) is 0 Å². The Balaban J connectivity index is 2.71. The Hall–Kier alpha value is -1.56. The Labute approximate surface area is 90.6 Å². The van der Waals surface area contributed by atoms with Crippen LogP contribution in [0.2, 0.25) is 5.02 Å². The lowest BCUT2D eigenvalue weighted by Crippen LogP contribution is -2.40. The largest absolute Gasteiger partial charge is 0.480 e. The van der Waals surface area contributed by atoms with Crippen LogP contribution >= 0.6 is 11.6 Å². The smallest absolute Gasteiger partial charge is 0.326 e. The van der Waals surface area contributed by atoms with E-state index in [1.54, 1.807) is 6.92 Å². The van der Waals surface area contributed by atoms with Gasteiger partial charge in [0.25, 0.3) is 5.91 Å². The first-order valence-electron chi connectivity index (χ1n) is 4.29. The highest BCUT2D eigenvalue weighted by atomic mass is 35.5. The number of aliphatic carboxylic acids is 1. The van der Waals surface area contributed by atoms with Gasteiger partial charge < -0.3 is 10.4 Å². The highest BCUT2D eigenvalue weighted by molar-refractivity contribution is 6.33. The van der Waals surface area contributed by atoms with Gasteiger partial charge in [0.05, 0.1) is 5.02 Å². The number of hydrogen-bond donors (Lipinski definition) is 3. The molecular formula is C8H10ClN3O3. The predicted octanol–water partition coefficient (Wildman–Crippen LogP) is 0.656. The van der Waals surface area contributed by atoms with E-state index in [1.807, 2.05) is 0 Å². The van der Waals surface area contributed by atoms with Crippen molar-refractivity contribution in [3.05, 3.63) is 16.9 Å². The molecule has 1 rings (SSSR count). The number of hydrogen-bond acceptors (Lipinski definition) is 3. The minimum Gasteiger partial charge on any atom is -0.480 e. The number of halogens is 1. The second-order valence-electron chi connectivity index (χ2n) is 2.85. The Morgan fingerprint density at radius 1 is 1.73 bits per heavy atom. The van der Waals surface area contributed by atoms with Crippen molar-refractivity contribution in [3.8, 4) is 0 Å². The van der Waals surface area contributed by atoms with E-state index in [-0.39, 0.29) is 10.7 Å². The van der Waals surface area contributed by atoms with Crippen LogP contribution in [-0.4, -0.2) is 33.2 Å². The molecule has 1 unspecified atom stereocenters. The summed E-state index contributed by atoms with van der Waals surface area (Å²) >= 11 is 5.64. The SMILES string of the molecule is CCC(NC(=O)c1n[nH]cc1Cl)C(=O)O. The van der Waals surface area contributed by atoms with E-state index in [9.17, 15) is 9.59 Å². The number of nitrogens with one attached hydrogen (secondary N) is 2. The number of aromatic nitrogens is 2. The fraction of sp³-hybridized carbons (Fsp3) is 0.375. The van der Waals surface area contributed by atoms with Crippen LogP contribution in [0.5, 0.6) is 0 Å². The van der Waals surface area contributed by atoms with Crippen LogP contribution in [-0.2, 0) is 4.79 Å². The van der Waals surface area contributed by atoms with Gasteiger partial charge in [0.2, 0.25) is 0 Å². The molecule has 1 amide bonds. The summed E-state index contributed by atoms with van der Waals surface area (Å²) in [4.78, 5) is 22.1. The zero-order valence-electron chi connectivity index (χ0n) is 7.95. The van der Waals surface area contributed by atoms with Crippen LogP contribution < -0.4 is 5.32 Å². The van der Waals surface area contributed by atoms with E-state index < -0.39 is 17.9 Å². The molecule has 0 aliphatic heterocycles. The first-order chi connectivity index (χ1) is 7.06. The van der Waals surface area contributed by atoms with E-state index in [4.69, 9.17) is 16.7 Å². The minimum absolute atomic E-state index is 0.00336. The summed E-state index contributed by atoms with van der Waals surface area (Å²) in [5.74, 6) is -1.69. The number of carbonyl (C=O) groups is 2. The van der Waals surface area contributed by atoms with Crippen LogP contribution in [0.1, 0.15) is 23.8 Å². The molecule has 7 heteroatoms. The summed E-state index contributed by atoms with van der Waals surface area (Å²) < 4.78 is 0. The highest BCUT2D eigenvalue weighted by Crippen LogP contribution is 2.11. The molecule has 1 aromatic heterocycles. The van der Waals surface area contributed by atoms with Crippen molar-refractivity contribution in [2.45, 2.75) is 19.4 Å². The van der Waals surface area contributed by atoms with Gasteiger partial charge in [-0.25, -0.2) is 4.79 Å². The van der Waals surface area contributed by atoms with E-state index in [0.29, 0.717) is 6.42 Å². The van der Waals surface area contributed by atoms with Gasteiger partial charge >= 0.3 is 5.97 Å². The van der Waals surface area contributed by atoms with Crippen LogP contribution in [0.25, 0.3) is 0 Å². The molecule has 0 saturated heterocycles. The first kappa shape index (κ1) is 11.5. The molecule has 1 aromatic rings. The van der Waals surface area contributed by atoms with Gasteiger partial charge in [0.15, 0.2) is 5.69 Å². The second kappa shape index (κ2) is 4.79. The van der Waals surface area contributed by atoms with Gasteiger partial charge in [0.1, 0.15) is 6.04 Å². The fourth-order valence-corrected chi connectivity index (χ4v) is 1.18. The molecule has 0 radical (unpaired) electrons. The van der Waals surface area contributed by atoms with Gasteiger partial charge in [-0.2, -0.15) is 5.10 Å². The summed E-state index contributed by atoms with van der Waals surface area (Å²) in [6.45, 7) is 1.66. The summed E-state index contributed by atoms with van der Waals surface area (Å²) in [7, 11) is 0. The van der Waals surface area contributed by atoms with Gasteiger partial charge in [-0.1, -0.05) is 18.5 Å². The molecule has 0 bridgehead atoms. The summed E-state index contributed by atoms with van der Waals surface area (Å²) in [6.07, 6.45) is 1.64. The van der Waals surface area contributed by atoms with Crippen molar-refractivity contribution in [2.24, 2.45) is 0 Å². The Kier molecular flexibility index (Phi) is 3.68. The molecule has 3 N–H and O–H groups in total. The Morgan fingerprint density at radius 3 is 2.80 bits per heavy atom. The maximum absolute atomic E-state index is 11.5. The fourth-order valence-electron chi connectivity index (χ4n) is 1.000. The maximum atomic E-state index is 11.5. The molecule has 6 nitrogen and oxygen atoms in total. The van der Waals surface area contributed by atoms with Crippen molar-refractivity contribution in [1.29, 1.82) is 0 Å².